The number of nitrogens with one attached hydrogen (secondary N) is 2. The van der Waals surface area contributed by atoms with Gasteiger partial charge >= 0.3 is 11.6 Å². The molecule has 0 aliphatic carbocycles. The Hall–Kier alpha value is -4.21. The van der Waals surface area contributed by atoms with Crippen molar-refractivity contribution in [1.82, 2.24) is 9.71 Å². The van der Waals surface area contributed by atoms with E-state index >= 15 is 0 Å². The van der Waals surface area contributed by atoms with Gasteiger partial charge in [-0.25, -0.2) is 18.0 Å². The maximum Gasteiger partial charge on any atom is 0.339 e. The molecule has 2 aromatic heterocycles. The number of H-pyrrole nitrogens is 1. The Morgan fingerprint density at radius 1 is 0.974 bits per heavy atom. The van der Waals surface area contributed by atoms with Crippen molar-refractivity contribution in [2.75, 3.05) is 0 Å². The van der Waals surface area contributed by atoms with Crippen molar-refractivity contribution in [2.45, 2.75) is 38.1 Å². The molecule has 194 valence electrons. The van der Waals surface area contributed by atoms with E-state index in [1.54, 1.807) is 37.4 Å². The number of carbonyl (C=O) groups excluding carboxylic acids is 1. The van der Waals surface area contributed by atoms with Crippen LogP contribution in [0.4, 0.5) is 0 Å². The molecule has 3 aromatic carbocycles. The summed E-state index contributed by atoms with van der Waals surface area (Å²) >= 11 is 0. The molecule has 0 unspecified atom stereocenters. The molecule has 0 spiro atoms. The monoisotopic (exact) mass is 530 g/mol. The van der Waals surface area contributed by atoms with E-state index in [1.807, 2.05) is 38.1 Å². The first-order chi connectivity index (χ1) is 18.1. The van der Waals surface area contributed by atoms with Crippen molar-refractivity contribution >= 4 is 37.9 Å². The van der Waals surface area contributed by atoms with Gasteiger partial charge in [0.2, 0.25) is 10.0 Å². The molecule has 0 saturated carbocycles. The van der Waals surface area contributed by atoms with Crippen LogP contribution in [0.5, 0.6) is 5.75 Å². The normalized spacial score (nSPS) is 12.6. The Morgan fingerprint density at radius 2 is 1.71 bits per heavy atom. The minimum atomic E-state index is -4.04. The number of para-hydroxylation sites is 1. The van der Waals surface area contributed by atoms with Crippen molar-refractivity contribution in [3.05, 3.63) is 106 Å². The van der Waals surface area contributed by atoms with E-state index in [-0.39, 0.29) is 22.6 Å². The molecule has 38 heavy (non-hydrogen) atoms. The van der Waals surface area contributed by atoms with Crippen LogP contribution in [0.1, 0.15) is 22.3 Å². The summed E-state index contributed by atoms with van der Waals surface area (Å²) in [7, 11) is -4.04. The fourth-order valence-electron chi connectivity index (χ4n) is 4.35. The fraction of sp³-hybridized carbons (Fsp3) is 0.172. The number of benzene rings is 3. The third-order valence-corrected chi connectivity index (χ3v) is 8.15. The van der Waals surface area contributed by atoms with Gasteiger partial charge in [-0.2, -0.15) is 4.72 Å². The first-order valence-electron chi connectivity index (χ1n) is 12.0. The SMILES string of the molecule is Cc1ccc(S(=O)(=O)N[C@H](Cc2c[nH]c3ccccc23)C(=O)Oc2ccc3c(C)c(C)c(=O)oc3c2)cc1. The average molecular weight is 531 g/mol. The maximum absolute atomic E-state index is 13.4. The Kier molecular flexibility index (Phi) is 6.64. The molecular weight excluding hydrogens is 504 g/mol. The third-order valence-electron chi connectivity index (χ3n) is 6.66. The zero-order chi connectivity index (χ0) is 27.0. The van der Waals surface area contributed by atoms with Crippen LogP contribution >= 0.6 is 0 Å². The Balaban J connectivity index is 1.48. The summed E-state index contributed by atoms with van der Waals surface area (Å²) in [6, 6.07) is 17.4. The van der Waals surface area contributed by atoms with E-state index in [0.29, 0.717) is 5.56 Å². The molecule has 1 atom stereocenters. The lowest BCUT2D eigenvalue weighted by Gasteiger charge is -2.18. The topological polar surface area (TPSA) is 118 Å². The number of ether oxygens (including phenoxy) is 1. The first kappa shape index (κ1) is 25.4. The fourth-order valence-corrected chi connectivity index (χ4v) is 5.53. The molecule has 0 bridgehead atoms. The zero-order valence-electron chi connectivity index (χ0n) is 21.1. The van der Waals surface area contributed by atoms with Crippen molar-refractivity contribution in [3.8, 4) is 5.75 Å². The molecule has 2 N–H and O–H groups in total. The van der Waals surface area contributed by atoms with Crippen LogP contribution in [0.15, 0.2) is 87.0 Å². The minimum Gasteiger partial charge on any atom is -0.425 e. The number of aromatic nitrogens is 1. The average Bonchev–Trinajstić information content (AvgIpc) is 3.30. The van der Waals surface area contributed by atoms with E-state index in [4.69, 9.17) is 9.15 Å². The van der Waals surface area contributed by atoms with E-state index in [1.165, 1.54) is 18.2 Å². The Labute approximate surface area is 219 Å². The molecule has 0 saturated heterocycles. The van der Waals surface area contributed by atoms with Crippen LogP contribution in [0.25, 0.3) is 21.9 Å². The highest BCUT2D eigenvalue weighted by Crippen LogP contribution is 2.25. The highest BCUT2D eigenvalue weighted by atomic mass is 32.2. The number of fused-ring (bicyclic) bond motifs is 2. The van der Waals surface area contributed by atoms with Crippen LogP contribution in [0.3, 0.4) is 0 Å². The number of esters is 1. The van der Waals surface area contributed by atoms with Gasteiger partial charge in [0.05, 0.1) is 4.90 Å². The summed E-state index contributed by atoms with van der Waals surface area (Å²) in [6.07, 6.45) is 1.80. The van der Waals surface area contributed by atoms with Gasteiger partial charge in [-0.05, 0) is 62.2 Å². The predicted octanol–water partition coefficient (Wildman–Crippen LogP) is 4.69. The van der Waals surface area contributed by atoms with Gasteiger partial charge in [0.1, 0.15) is 17.4 Å². The van der Waals surface area contributed by atoms with Crippen molar-refractivity contribution in [2.24, 2.45) is 0 Å². The number of hydrogen-bond donors (Lipinski definition) is 2. The van der Waals surface area contributed by atoms with E-state index < -0.39 is 27.7 Å². The lowest BCUT2D eigenvalue weighted by atomic mass is 10.1. The second-order valence-corrected chi connectivity index (χ2v) is 11.0. The molecule has 5 rings (SSSR count). The molecule has 0 radical (unpaired) electrons. The molecule has 0 aliphatic heterocycles. The quantitative estimate of drug-likeness (QED) is 0.179. The molecule has 9 heteroatoms. The molecule has 0 fully saturated rings. The summed E-state index contributed by atoms with van der Waals surface area (Å²) in [6.45, 7) is 5.36. The maximum atomic E-state index is 13.4. The van der Waals surface area contributed by atoms with E-state index in [0.717, 1.165) is 33.0 Å². The van der Waals surface area contributed by atoms with Gasteiger partial charge in [0, 0.05) is 40.5 Å². The number of sulfonamides is 1. The van der Waals surface area contributed by atoms with Crippen LogP contribution in [-0.2, 0) is 21.2 Å². The van der Waals surface area contributed by atoms with Gasteiger partial charge in [-0.15, -0.1) is 0 Å². The summed E-state index contributed by atoms with van der Waals surface area (Å²) < 4.78 is 39.9. The van der Waals surface area contributed by atoms with Crippen LogP contribution in [0.2, 0.25) is 0 Å². The Bertz CT molecular complexity index is 1840. The molecular formula is C29H26N2O6S. The van der Waals surface area contributed by atoms with Gasteiger partial charge in [-0.3, -0.25) is 0 Å². The largest absolute Gasteiger partial charge is 0.425 e. The summed E-state index contributed by atoms with van der Waals surface area (Å²) in [5, 5.41) is 1.59. The van der Waals surface area contributed by atoms with Crippen molar-refractivity contribution in [1.29, 1.82) is 0 Å². The smallest absolute Gasteiger partial charge is 0.339 e. The van der Waals surface area contributed by atoms with Gasteiger partial charge in [-0.1, -0.05) is 35.9 Å². The summed E-state index contributed by atoms with van der Waals surface area (Å²) in [5.74, 6) is -0.663. The predicted molar refractivity (Wildman–Crippen MR) is 145 cm³/mol. The zero-order valence-corrected chi connectivity index (χ0v) is 21.9. The molecule has 5 aromatic rings. The lowest BCUT2D eigenvalue weighted by molar-refractivity contribution is -0.136. The van der Waals surface area contributed by atoms with Crippen LogP contribution in [0, 0.1) is 20.8 Å². The highest BCUT2D eigenvalue weighted by Gasteiger charge is 2.29. The number of rotatable bonds is 7. The third kappa shape index (κ3) is 4.98. The molecule has 2 heterocycles. The first-order valence-corrected chi connectivity index (χ1v) is 13.5. The Morgan fingerprint density at radius 3 is 2.47 bits per heavy atom. The molecule has 8 nitrogen and oxygen atoms in total. The van der Waals surface area contributed by atoms with Gasteiger partial charge < -0.3 is 14.1 Å². The van der Waals surface area contributed by atoms with Crippen molar-refractivity contribution in [3.63, 3.8) is 0 Å². The lowest BCUT2D eigenvalue weighted by Crippen LogP contribution is -2.44. The number of hydrogen-bond acceptors (Lipinski definition) is 6. The van der Waals surface area contributed by atoms with Crippen LogP contribution in [-0.4, -0.2) is 25.4 Å². The second-order valence-electron chi connectivity index (χ2n) is 9.27. The van der Waals surface area contributed by atoms with Crippen LogP contribution < -0.4 is 15.1 Å². The number of carbonyl (C=O) groups is 1. The van der Waals surface area contributed by atoms with Gasteiger partial charge in [0.25, 0.3) is 0 Å². The number of aromatic amines is 1. The van der Waals surface area contributed by atoms with E-state index in [2.05, 4.69) is 9.71 Å². The summed E-state index contributed by atoms with van der Waals surface area (Å²) in [5.41, 5.74) is 3.62. The highest BCUT2D eigenvalue weighted by molar-refractivity contribution is 7.89. The van der Waals surface area contributed by atoms with Gasteiger partial charge in [0.15, 0.2) is 0 Å². The van der Waals surface area contributed by atoms with E-state index in [9.17, 15) is 18.0 Å². The molecule has 0 aliphatic rings. The molecule has 0 amide bonds. The second kappa shape index (κ2) is 9.92. The number of aryl methyl sites for hydroxylation is 2. The standard InChI is InChI=1S/C29H26N2O6S/c1-17-8-11-22(12-9-17)38(34,35)31-26(14-20-16-30-25-7-5-4-6-24(20)25)29(33)36-21-10-13-23-18(2)19(3)28(32)37-27(23)15-21/h4-13,15-16,26,30-31H,14H2,1-3H3/t26-/m1/s1. The van der Waals surface area contributed by atoms with Crippen molar-refractivity contribution < 1.29 is 22.4 Å². The summed E-state index contributed by atoms with van der Waals surface area (Å²) in [4.78, 5) is 28.7. The minimum absolute atomic E-state index is 0.0400.